The van der Waals surface area contributed by atoms with Gasteiger partial charge in [-0.2, -0.15) is 5.26 Å². The molecule has 0 radical (unpaired) electrons. The van der Waals surface area contributed by atoms with E-state index in [4.69, 9.17) is 14.2 Å². The van der Waals surface area contributed by atoms with E-state index in [1.54, 1.807) is 24.3 Å². The third-order valence-electron chi connectivity index (χ3n) is 5.87. The molecule has 1 saturated heterocycles. The molecule has 1 amide bonds. The average molecular weight is 468 g/mol. The molecule has 0 unspecified atom stereocenters. The number of carbonyl (C=O) groups excluding carboxylic acids is 1. The number of anilines is 1. The van der Waals surface area contributed by atoms with E-state index in [0.717, 1.165) is 29.4 Å². The molecule has 2 heterocycles. The summed E-state index contributed by atoms with van der Waals surface area (Å²) in [6.07, 6.45) is 1.52. The Labute approximate surface area is 203 Å². The summed E-state index contributed by atoms with van der Waals surface area (Å²) in [5, 5.41) is 13.5. The lowest BCUT2D eigenvalue weighted by molar-refractivity contribution is -0.0493. The van der Waals surface area contributed by atoms with Crippen molar-refractivity contribution in [2.24, 2.45) is 0 Å². The van der Waals surface area contributed by atoms with Gasteiger partial charge in [-0.3, -0.25) is 4.79 Å². The first-order valence-electron chi connectivity index (χ1n) is 11.6. The van der Waals surface area contributed by atoms with Crippen LogP contribution in [0.2, 0.25) is 0 Å². The Morgan fingerprint density at radius 1 is 1.03 bits per heavy atom. The van der Waals surface area contributed by atoms with Crippen molar-refractivity contribution in [3.63, 3.8) is 0 Å². The van der Waals surface area contributed by atoms with E-state index < -0.39 is 0 Å². The zero-order valence-electron chi connectivity index (χ0n) is 19.1. The van der Waals surface area contributed by atoms with Crippen LogP contribution < -0.4 is 10.1 Å². The first kappa shape index (κ1) is 22.7. The number of rotatable bonds is 8. The number of amides is 1. The molecule has 7 nitrogen and oxygen atoms in total. The van der Waals surface area contributed by atoms with E-state index in [0.29, 0.717) is 42.5 Å². The maximum atomic E-state index is 12.7. The smallest absolute Gasteiger partial charge is 0.255 e. The number of fused-ring (bicyclic) bond motifs is 1. The van der Waals surface area contributed by atoms with Crippen LogP contribution >= 0.6 is 0 Å². The molecule has 1 fully saturated rings. The highest BCUT2D eigenvalue weighted by molar-refractivity contribution is 6.04. The van der Waals surface area contributed by atoms with Gasteiger partial charge in [0.2, 0.25) is 0 Å². The molecule has 3 aromatic carbocycles. The summed E-state index contributed by atoms with van der Waals surface area (Å²) in [5.74, 6) is 0.510. The van der Waals surface area contributed by atoms with Crippen LogP contribution in [0, 0.1) is 11.3 Å². The monoisotopic (exact) mass is 467 g/mol. The van der Waals surface area contributed by atoms with Crippen molar-refractivity contribution in [2.75, 3.05) is 25.1 Å². The molecule has 0 aliphatic carbocycles. The van der Waals surface area contributed by atoms with Crippen molar-refractivity contribution in [2.45, 2.75) is 19.1 Å². The molecule has 0 atom stereocenters. The van der Waals surface area contributed by atoms with Crippen LogP contribution in [0.25, 0.3) is 16.6 Å². The van der Waals surface area contributed by atoms with E-state index in [2.05, 4.69) is 11.4 Å². The van der Waals surface area contributed by atoms with E-state index in [1.807, 2.05) is 59.2 Å². The first-order chi connectivity index (χ1) is 17.2. The molecule has 0 saturated carbocycles. The van der Waals surface area contributed by atoms with Crippen LogP contribution in [-0.2, 0) is 9.47 Å². The minimum Gasteiger partial charge on any atom is -0.494 e. The van der Waals surface area contributed by atoms with Crippen molar-refractivity contribution in [3.05, 3.63) is 90.1 Å². The number of nitrogens with one attached hydrogen (secondary N) is 1. The maximum Gasteiger partial charge on any atom is 0.255 e. The summed E-state index contributed by atoms with van der Waals surface area (Å²) in [4.78, 5) is 12.7. The normalized spacial score (nSPS) is 13.6. The van der Waals surface area contributed by atoms with Gasteiger partial charge in [-0.25, -0.2) is 0 Å². The summed E-state index contributed by atoms with van der Waals surface area (Å²) in [7, 11) is 0. The van der Waals surface area contributed by atoms with Gasteiger partial charge in [0, 0.05) is 28.7 Å². The minimum absolute atomic E-state index is 0.116. The summed E-state index contributed by atoms with van der Waals surface area (Å²) in [6.45, 7) is 1.88. The van der Waals surface area contributed by atoms with Gasteiger partial charge < -0.3 is 24.1 Å². The zero-order chi connectivity index (χ0) is 24.0. The Bertz CT molecular complexity index is 1350. The molecule has 176 valence electrons. The molecule has 0 spiro atoms. The minimum atomic E-state index is -0.205. The quantitative estimate of drug-likeness (QED) is 0.356. The molecule has 1 aliphatic heterocycles. The highest BCUT2D eigenvalue weighted by Gasteiger charge is 2.15. The Kier molecular flexibility index (Phi) is 6.75. The van der Waals surface area contributed by atoms with Crippen molar-refractivity contribution in [1.29, 1.82) is 5.26 Å². The Hall–Kier alpha value is -4.12. The molecule has 4 aromatic rings. The fourth-order valence-corrected chi connectivity index (χ4v) is 4.13. The topological polar surface area (TPSA) is 85.5 Å². The lowest BCUT2D eigenvalue weighted by atomic mass is 10.2. The van der Waals surface area contributed by atoms with E-state index in [1.165, 1.54) is 0 Å². The zero-order valence-corrected chi connectivity index (χ0v) is 19.1. The van der Waals surface area contributed by atoms with Gasteiger partial charge in [-0.05, 0) is 67.1 Å². The Morgan fingerprint density at radius 2 is 1.77 bits per heavy atom. The van der Waals surface area contributed by atoms with Gasteiger partial charge in [0.25, 0.3) is 5.91 Å². The first-order valence-corrected chi connectivity index (χ1v) is 11.6. The molecule has 1 aliphatic rings. The van der Waals surface area contributed by atoms with Crippen LogP contribution in [0.1, 0.15) is 28.9 Å². The predicted molar refractivity (Wildman–Crippen MR) is 133 cm³/mol. The van der Waals surface area contributed by atoms with Gasteiger partial charge in [-0.15, -0.1) is 0 Å². The summed E-state index contributed by atoms with van der Waals surface area (Å²) >= 11 is 0. The summed E-state index contributed by atoms with van der Waals surface area (Å²) in [6, 6.07) is 26.5. The molecule has 7 heteroatoms. The number of hydrogen-bond acceptors (Lipinski definition) is 5. The SMILES string of the molecule is N#Cc1cc2ccccc2n1-c1ccc(NC(=O)c2ccc(OCCCC3OCCO3)cc2)cc1. The number of nitriles is 1. The van der Waals surface area contributed by atoms with Gasteiger partial charge in [-0.1, -0.05) is 18.2 Å². The highest BCUT2D eigenvalue weighted by atomic mass is 16.7. The van der Waals surface area contributed by atoms with E-state index in [9.17, 15) is 10.1 Å². The molecule has 1 aromatic heterocycles. The number of benzene rings is 3. The number of hydrogen-bond donors (Lipinski definition) is 1. The van der Waals surface area contributed by atoms with E-state index >= 15 is 0 Å². The number of aromatic nitrogens is 1. The van der Waals surface area contributed by atoms with Crippen molar-refractivity contribution < 1.29 is 19.0 Å². The van der Waals surface area contributed by atoms with Crippen LogP contribution in [0.4, 0.5) is 5.69 Å². The van der Waals surface area contributed by atoms with Gasteiger partial charge in [0.1, 0.15) is 17.5 Å². The molecule has 1 N–H and O–H groups in total. The van der Waals surface area contributed by atoms with E-state index in [-0.39, 0.29) is 12.2 Å². The standard InChI is InChI=1S/C28H25N3O4/c29-19-24-18-21-4-1-2-5-26(21)31(24)23-11-9-22(10-12-23)30-28(32)20-7-13-25(14-8-20)33-15-3-6-27-34-16-17-35-27/h1-2,4-5,7-14,18,27H,3,6,15-17H2,(H,30,32). The van der Waals surface area contributed by atoms with Gasteiger partial charge in [0.05, 0.1) is 25.3 Å². The third kappa shape index (κ3) is 5.19. The second-order valence-corrected chi connectivity index (χ2v) is 8.22. The number of nitrogens with zero attached hydrogens (tertiary/aromatic N) is 2. The molecular weight excluding hydrogens is 442 g/mol. The van der Waals surface area contributed by atoms with Gasteiger partial charge in [0.15, 0.2) is 6.29 Å². The number of para-hydroxylation sites is 1. The highest BCUT2D eigenvalue weighted by Crippen LogP contribution is 2.25. The van der Waals surface area contributed by atoms with Crippen molar-refractivity contribution >= 4 is 22.5 Å². The van der Waals surface area contributed by atoms with Crippen LogP contribution in [0.15, 0.2) is 78.9 Å². The largest absolute Gasteiger partial charge is 0.494 e. The summed E-state index contributed by atoms with van der Waals surface area (Å²) < 4.78 is 18.5. The second kappa shape index (κ2) is 10.4. The van der Waals surface area contributed by atoms with Crippen molar-refractivity contribution in [3.8, 4) is 17.5 Å². The lowest BCUT2D eigenvalue weighted by Gasteiger charge is -2.11. The number of ether oxygens (including phenoxy) is 3. The van der Waals surface area contributed by atoms with Crippen molar-refractivity contribution in [1.82, 2.24) is 4.57 Å². The van der Waals surface area contributed by atoms with Crippen LogP contribution in [0.3, 0.4) is 0 Å². The second-order valence-electron chi connectivity index (χ2n) is 8.22. The van der Waals surface area contributed by atoms with Crippen LogP contribution in [-0.4, -0.2) is 36.6 Å². The fraction of sp³-hybridized carbons (Fsp3) is 0.214. The third-order valence-corrected chi connectivity index (χ3v) is 5.87. The summed E-state index contributed by atoms with van der Waals surface area (Å²) in [5.41, 5.74) is 3.59. The van der Waals surface area contributed by atoms with Gasteiger partial charge >= 0.3 is 0 Å². The maximum absolute atomic E-state index is 12.7. The molecule has 35 heavy (non-hydrogen) atoms. The lowest BCUT2D eigenvalue weighted by Crippen LogP contribution is -2.12. The predicted octanol–water partition coefficient (Wildman–Crippen LogP) is 5.29. The molecule has 5 rings (SSSR count). The fourth-order valence-electron chi connectivity index (χ4n) is 4.13. The number of carbonyl (C=O) groups is 1. The molecular formula is C28H25N3O4. The Morgan fingerprint density at radius 3 is 2.51 bits per heavy atom. The average Bonchev–Trinajstić information content (AvgIpc) is 3.55. The van der Waals surface area contributed by atoms with Crippen LogP contribution in [0.5, 0.6) is 5.75 Å². The molecule has 0 bridgehead atoms. The Balaban J connectivity index is 1.19.